The minimum Gasteiger partial charge on any atom is -0.480 e. The number of benzene rings is 1. The number of rotatable bonds is 5. The van der Waals surface area contributed by atoms with Gasteiger partial charge in [0.2, 0.25) is 0 Å². The topological polar surface area (TPSA) is 76.4 Å². The lowest BCUT2D eigenvalue weighted by Gasteiger charge is -2.26. The van der Waals surface area contributed by atoms with E-state index in [4.69, 9.17) is 4.74 Å². The van der Waals surface area contributed by atoms with Gasteiger partial charge in [-0.3, -0.25) is 4.79 Å². The van der Waals surface area contributed by atoms with Crippen LogP contribution in [0, 0.1) is 27.7 Å². The molecule has 6 heteroatoms. The highest BCUT2D eigenvalue weighted by Crippen LogP contribution is 2.28. The van der Waals surface area contributed by atoms with E-state index in [1.807, 2.05) is 52.0 Å². The monoisotopic (exact) mass is 449 g/mol. The van der Waals surface area contributed by atoms with Crippen LogP contribution in [-0.4, -0.2) is 33.2 Å². The third-order valence-electron chi connectivity index (χ3n) is 5.99. The molecule has 0 saturated carbocycles. The summed E-state index contributed by atoms with van der Waals surface area (Å²) in [5, 5.41) is 13.3. The molecule has 1 aromatic carbocycles. The van der Waals surface area contributed by atoms with Crippen molar-refractivity contribution in [1.82, 2.24) is 14.9 Å². The van der Waals surface area contributed by atoms with Crippen LogP contribution in [0.3, 0.4) is 0 Å². The van der Waals surface area contributed by atoms with E-state index in [0.717, 1.165) is 34.9 Å². The van der Waals surface area contributed by atoms with Crippen molar-refractivity contribution >= 4 is 5.91 Å². The number of aliphatic hydroxyl groups excluding tert-OH is 1. The second-order valence-electron chi connectivity index (χ2n) is 8.36. The fourth-order valence-corrected chi connectivity index (χ4v) is 4.13. The summed E-state index contributed by atoms with van der Waals surface area (Å²) in [6.07, 6.45) is 1.73. The van der Waals surface area contributed by atoms with Crippen LogP contribution in [0.25, 0.3) is 5.82 Å². The smallest absolute Gasteiger partial charge is 0.261 e. The summed E-state index contributed by atoms with van der Waals surface area (Å²) >= 11 is 0. The number of aromatic nitrogens is 2. The molecule has 6 nitrogen and oxygen atoms in total. The van der Waals surface area contributed by atoms with Gasteiger partial charge in [0.25, 0.3) is 5.91 Å². The zero-order chi connectivity index (χ0) is 24.1. The van der Waals surface area contributed by atoms with Crippen LogP contribution in [0.2, 0.25) is 0 Å². The molecular formula is C27H35N3O3. The Labute approximate surface area is 196 Å². The molecule has 33 heavy (non-hydrogen) atoms. The average molecular weight is 450 g/mol. The number of fused-ring (bicyclic) bond motifs is 1. The van der Waals surface area contributed by atoms with E-state index in [2.05, 4.69) is 40.8 Å². The molecule has 3 heterocycles. The van der Waals surface area contributed by atoms with Crippen molar-refractivity contribution in [2.45, 2.75) is 66.6 Å². The number of ether oxygens (including phenoxy) is 1. The van der Waals surface area contributed by atoms with Crippen molar-refractivity contribution in [2.24, 2.45) is 0 Å². The number of aryl methyl sites for hydroxylation is 4. The summed E-state index contributed by atoms with van der Waals surface area (Å²) in [5.41, 5.74) is 6.47. The zero-order valence-electron chi connectivity index (χ0n) is 20.5. The number of hydrogen-bond donors (Lipinski definition) is 2. The van der Waals surface area contributed by atoms with Crippen LogP contribution in [0.5, 0.6) is 5.75 Å². The van der Waals surface area contributed by atoms with E-state index in [1.54, 1.807) is 6.20 Å². The predicted octanol–water partition coefficient (Wildman–Crippen LogP) is 4.68. The first kappa shape index (κ1) is 24.5. The SMILES string of the molecule is CC.Cc1ccc2c(c1)CCC(C(=O)NCC(O)c1ccc(-n3c(C)cc(C)c3C)nc1)O2. The van der Waals surface area contributed by atoms with E-state index >= 15 is 0 Å². The number of carbonyl (C=O) groups is 1. The van der Waals surface area contributed by atoms with E-state index in [0.29, 0.717) is 12.0 Å². The van der Waals surface area contributed by atoms with Crippen molar-refractivity contribution in [3.8, 4) is 11.6 Å². The Morgan fingerprint density at radius 1 is 1.18 bits per heavy atom. The maximum absolute atomic E-state index is 12.6. The molecule has 3 aromatic rings. The maximum Gasteiger partial charge on any atom is 0.261 e. The van der Waals surface area contributed by atoms with Crippen molar-refractivity contribution in [2.75, 3.05) is 6.54 Å². The highest BCUT2D eigenvalue weighted by molar-refractivity contribution is 5.81. The Hall–Kier alpha value is -3.12. The predicted molar refractivity (Wildman–Crippen MR) is 131 cm³/mol. The summed E-state index contributed by atoms with van der Waals surface area (Å²) < 4.78 is 7.96. The fraction of sp³-hybridized carbons (Fsp3) is 0.407. The van der Waals surface area contributed by atoms with Gasteiger partial charge in [0, 0.05) is 29.7 Å². The van der Waals surface area contributed by atoms with Gasteiger partial charge in [-0.15, -0.1) is 0 Å². The molecule has 0 saturated heterocycles. The molecule has 1 aliphatic heterocycles. The molecule has 176 valence electrons. The Morgan fingerprint density at radius 2 is 1.94 bits per heavy atom. The van der Waals surface area contributed by atoms with Crippen molar-refractivity contribution < 1.29 is 14.6 Å². The van der Waals surface area contributed by atoms with Gasteiger partial charge >= 0.3 is 0 Å². The summed E-state index contributed by atoms with van der Waals surface area (Å²) in [7, 11) is 0. The molecule has 0 fully saturated rings. The van der Waals surface area contributed by atoms with Crippen LogP contribution in [-0.2, 0) is 11.2 Å². The Bertz CT molecular complexity index is 1100. The van der Waals surface area contributed by atoms with Gasteiger partial charge in [-0.05, 0) is 69.9 Å². The fourth-order valence-electron chi connectivity index (χ4n) is 4.13. The van der Waals surface area contributed by atoms with Gasteiger partial charge in [-0.25, -0.2) is 4.98 Å². The van der Waals surface area contributed by atoms with Gasteiger partial charge in [0.1, 0.15) is 11.6 Å². The number of pyridine rings is 1. The summed E-state index contributed by atoms with van der Waals surface area (Å²) in [6, 6.07) is 11.9. The minimum atomic E-state index is -0.836. The van der Waals surface area contributed by atoms with Crippen LogP contribution in [0.4, 0.5) is 0 Å². The standard InChI is InChI=1S/C25H29N3O3.C2H6/c1-15-5-8-22-19(11-15)6-9-23(31-22)25(30)27-14-21(29)20-7-10-24(26-13-20)28-17(3)12-16(2)18(28)4;1-2/h5,7-8,10-13,21,23,29H,6,9,14H2,1-4H3,(H,27,30);1-2H3. The largest absolute Gasteiger partial charge is 0.480 e. The van der Waals surface area contributed by atoms with Gasteiger partial charge < -0.3 is 19.7 Å². The lowest BCUT2D eigenvalue weighted by atomic mass is 10.00. The molecule has 0 bridgehead atoms. The van der Waals surface area contributed by atoms with Crippen LogP contribution < -0.4 is 10.1 Å². The molecular weight excluding hydrogens is 414 g/mol. The Kier molecular flexibility index (Phi) is 7.92. The number of hydrogen-bond acceptors (Lipinski definition) is 4. The van der Waals surface area contributed by atoms with Gasteiger partial charge in [-0.2, -0.15) is 0 Å². The highest BCUT2D eigenvalue weighted by Gasteiger charge is 2.26. The van der Waals surface area contributed by atoms with Crippen LogP contribution in [0.1, 0.15) is 60.0 Å². The molecule has 4 rings (SSSR count). The Morgan fingerprint density at radius 3 is 2.58 bits per heavy atom. The zero-order valence-corrected chi connectivity index (χ0v) is 20.5. The third kappa shape index (κ3) is 5.45. The number of amides is 1. The van der Waals surface area contributed by atoms with E-state index in [-0.39, 0.29) is 12.5 Å². The van der Waals surface area contributed by atoms with Gasteiger partial charge in [-0.1, -0.05) is 37.6 Å². The number of nitrogens with one attached hydrogen (secondary N) is 1. The van der Waals surface area contributed by atoms with Gasteiger partial charge in [0.15, 0.2) is 6.10 Å². The van der Waals surface area contributed by atoms with Crippen molar-refractivity contribution in [3.05, 3.63) is 76.2 Å². The first-order valence-electron chi connectivity index (χ1n) is 11.7. The highest BCUT2D eigenvalue weighted by atomic mass is 16.5. The molecule has 2 aromatic heterocycles. The maximum atomic E-state index is 12.6. The molecule has 1 amide bonds. The number of carbonyl (C=O) groups excluding carboxylic acids is 1. The van der Waals surface area contributed by atoms with Crippen LogP contribution >= 0.6 is 0 Å². The Balaban J connectivity index is 0.00000149. The quantitative estimate of drug-likeness (QED) is 0.593. The molecule has 0 radical (unpaired) electrons. The average Bonchev–Trinajstić information content (AvgIpc) is 3.09. The third-order valence-corrected chi connectivity index (χ3v) is 5.99. The number of nitrogens with zero attached hydrogens (tertiary/aromatic N) is 2. The minimum absolute atomic E-state index is 0.112. The van der Waals surface area contributed by atoms with Crippen molar-refractivity contribution in [3.63, 3.8) is 0 Å². The van der Waals surface area contributed by atoms with E-state index in [1.165, 1.54) is 11.1 Å². The molecule has 0 aliphatic carbocycles. The summed E-state index contributed by atoms with van der Waals surface area (Å²) in [4.78, 5) is 17.1. The number of aliphatic hydroxyl groups is 1. The van der Waals surface area contributed by atoms with Gasteiger partial charge in [0.05, 0.1) is 6.10 Å². The van der Waals surface area contributed by atoms with Crippen molar-refractivity contribution in [1.29, 1.82) is 0 Å². The molecule has 2 unspecified atom stereocenters. The normalized spacial score (nSPS) is 15.5. The molecule has 0 spiro atoms. The van der Waals surface area contributed by atoms with Crippen LogP contribution in [0.15, 0.2) is 42.6 Å². The second kappa shape index (κ2) is 10.7. The first-order chi connectivity index (χ1) is 15.8. The van der Waals surface area contributed by atoms with E-state index in [9.17, 15) is 9.90 Å². The molecule has 2 atom stereocenters. The summed E-state index contributed by atoms with van der Waals surface area (Å²) in [5.74, 6) is 1.37. The second-order valence-corrected chi connectivity index (χ2v) is 8.36. The van der Waals surface area contributed by atoms with E-state index < -0.39 is 12.2 Å². The first-order valence-corrected chi connectivity index (χ1v) is 11.7. The summed E-state index contributed by atoms with van der Waals surface area (Å²) in [6.45, 7) is 12.3. The lowest BCUT2D eigenvalue weighted by molar-refractivity contribution is -0.129. The molecule has 1 aliphatic rings. The lowest BCUT2D eigenvalue weighted by Crippen LogP contribution is -2.41. The molecule has 2 N–H and O–H groups in total.